The number of alkyl halides is 3. The van der Waals surface area contributed by atoms with Crippen molar-refractivity contribution in [2.75, 3.05) is 39.3 Å². The van der Waals surface area contributed by atoms with Crippen molar-refractivity contribution in [1.82, 2.24) is 15.2 Å². The molecule has 1 aromatic carbocycles. The van der Waals surface area contributed by atoms with Gasteiger partial charge in [0.05, 0.1) is 22.9 Å². The van der Waals surface area contributed by atoms with Crippen LogP contribution in [0, 0.1) is 0 Å². The summed E-state index contributed by atoms with van der Waals surface area (Å²) in [7, 11) is 0. The van der Waals surface area contributed by atoms with Crippen LogP contribution in [0.15, 0.2) is 41.8 Å². The van der Waals surface area contributed by atoms with Crippen molar-refractivity contribution in [1.29, 1.82) is 0 Å². The fourth-order valence-corrected chi connectivity index (χ4v) is 7.11. The second-order valence-electron chi connectivity index (χ2n) is 11.7. The van der Waals surface area contributed by atoms with Gasteiger partial charge in [0.15, 0.2) is 0 Å². The molecule has 5 nitrogen and oxygen atoms in total. The summed E-state index contributed by atoms with van der Waals surface area (Å²) in [6.07, 6.45) is 8.34. The maximum atomic E-state index is 13.3. The zero-order valence-corrected chi connectivity index (χ0v) is 25.9. The molecule has 1 N–H and O–H groups in total. The lowest BCUT2D eigenvalue weighted by atomic mass is 9.87. The third-order valence-electron chi connectivity index (χ3n) is 8.54. The van der Waals surface area contributed by atoms with Crippen molar-refractivity contribution < 1.29 is 22.7 Å². The lowest BCUT2D eigenvalue weighted by Gasteiger charge is -2.21. The van der Waals surface area contributed by atoms with E-state index in [-0.39, 0.29) is 16.3 Å². The van der Waals surface area contributed by atoms with Crippen molar-refractivity contribution in [2.45, 2.75) is 95.4 Å². The summed E-state index contributed by atoms with van der Waals surface area (Å²) >= 11 is 1.30. The Kier molecular flexibility index (Phi) is 12.6. The average Bonchev–Trinajstić information content (AvgIpc) is 3.12. The van der Waals surface area contributed by atoms with E-state index in [1.807, 2.05) is 19.9 Å². The van der Waals surface area contributed by atoms with Gasteiger partial charge in [0.1, 0.15) is 5.76 Å². The molecule has 2 aromatic rings. The molecule has 9 heteroatoms. The van der Waals surface area contributed by atoms with E-state index in [9.17, 15) is 18.0 Å². The quantitative estimate of drug-likeness (QED) is 0.207. The number of nitrogens with one attached hydrogen (secondary N) is 1. The van der Waals surface area contributed by atoms with Crippen LogP contribution in [0.4, 0.5) is 13.2 Å². The van der Waals surface area contributed by atoms with E-state index in [2.05, 4.69) is 15.2 Å². The van der Waals surface area contributed by atoms with Crippen molar-refractivity contribution >= 4 is 27.8 Å². The zero-order valence-electron chi connectivity index (χ0n) is 25.1. The Bertz CT molecular complexity index is 1190. The Balaban J connectivity index is 1.31. The topological polar surface area (TPSA) is 54.5 Å². The van der Waals surface area contributed by atoms with Crippen molar-refractivity contribution in [3.63, 3.8) is 0 Å². The third kappa shape index (κ3) is 9.45. The Hall–Kier alpha value is -2.10. The molecule has 0 saturated carbocycles. The second kappa shape index (κ2) is 16.1. The molecule has 0 bridgehead atoms. The van der Waals surface area contributed by atoms with Crippen LogP contribution in [-0.2, 0) is 15.7 Å². The summed E-state index contributed by atoms with van der Waals surface area (Å²) in [5.41, 5.74) is 1.49. The molecule has 2 aliphatic heterocycles. The number of hydrogen-bond donors (Lipinski definition) is 1. The highest BCUT2D eigenvalue weighted by molar-refractivity contribution is 8.15. The van der Waals surface area contributed by atoms with Gasteiger partial charge in [-0.25, -0.2) is 0 Å². The molecule has 232 valence electrons. The third-order valence-corrected chi connectivity index (χ3v) is 9.62. The van der Waals surface area contributed by atoms with Crippen LogP contribution in [0.5, 0.6) is 0 Å². The van der Waals surface area contributed by atoms with E-state index in [0.29, 0.717) is 17.7 Å². The van der Waals surface area contributed by atoms with Gasteiger partial charge >= 0.3 is 6.18 Å². The molecule has 42 heavy (non-hydrogen) atoms. The second-order valence-corrected chi connectivity index (χ2v) is 13.0. The number of fused-ring (bicyclic) bond motifs is 1. The minimum Gasteiger partial charge on any atom is -0.496 e. The van der Waals surface area contributed by atoms with Crippen LogP contribution >= 0.6 is 11.8 Å². The molecule has 0 amide bonds. The number of nitrogens with zero attached hydrogens (tertiary/aromatic N) is 2. The van der Waals surface area contributed by atoms with Crippen LogP contribution in [0.25, 0.3) is 10.9 Å². The van der Waals surface area contributed by atoms with Gasteiger partial charge in [0, 0.05) is 30.2 Å². The predicted molar refractivity (Wildman–Crippen MR) is 166 cm³/mol. The summed E-state index contributed by atoms with van der Waals surface area (Å²) in [6.45, 7) is 10.1. The largest absolute Gasteiger partial charge is 0.496 e. The van der Waals surface area contributed by atoms with Crippen LogP contribution in [-0.4, -0.2) is 59.6 Å². The highest BCUT2D eigenvalue weighted by Gasteiger charge is 2.31. The lowest BCUT2D eigenvalue weighted by molar-refractivity contribution is -0.137. The first-order valence-corrected chi connectivity index (χ1v) is 16.6. The summed E-state index contributed by atoms with van der Waals surface area (Å²) in [6, 6.07) is 5.88. The number of pyridine rings is 1. The fourth-order valence-electron chi connectivity index (χ4n) is 6.16. The van der Waals surface area contributed by atoms with Gasteiger partial charge < -0.3 is 15.0 Å². The average molecular weight is 606 g/mol. The monoisotopic (exact) mass is 605 g/mol. The summed E-state index contributed by atoms with van der Waals surface area (Å²) in [4.78, 5) is 18.8. The van der Waals surface area contributed by atoms with Crippen LogP contribution < -0.4 is 5.32 Å². The number of hydrogen-bond acceptors (Lipinski definition) is 6. The van der Waals surface area contributed by atoms with Gasteiger partial charge in [0.25, 0.3) is 0 Å². The molecule has 2 atom stereocenters. The maximum Gasteiger partial charge on any atom is 0.416 e. The summed E-state index contributed by atoms with van der Waals surface area (Å²) in [5, 5.41) is 4.38. The fraction of sp³-hybridized carbons (Fsp3) is 0.636. The molecule has 0 radical (unpaired) electrons. The van der Waals surface area contributed by atoms with E-state index in [1.165, 1.54) is 63.0 Å². The molecule has 1 fully saturated rings. The molecule has 1 saturated heterocycles. The van der Waals surface area contributed by atoms with Crippen molar-refractivity contribution in [2.24, 2.45) is 0 Å². The van der Waals surface area contributed by atoms with Crippen LogP contribution in [0.1, 0.15) is 95.1 Å². The SMILES string of the molecule is CC1=C(OCCCC(CCCCCCCCN2CCCNCC2)c2ccnc3cc(C(F)(F)F)ccc23)C(C)SC1=O. The van der Waals surface area contributed by atoms with E-state index in [0.717, 1.165) is 74.5 Å². The molecule has 2 aliphatic rings. The number of aromatic nitrogens is 1. The van der Waals surface area contributed by atoms with Crippen molar-refractivity contribution in [3.8, 4) is 0 Å². The highest BCUT2D eigenvalue weighted by atomic mass is 32.2. The molecule has 3 heterocycles. The zero-order chi connectivity index (χ0) is 30.0. The Morgan fingerprint density at radius 2 is 1.81 bits per heavy atom. The molecule has 1 aromatic heterocycles. The van der Waals surface area contributed by atoms with Crippen LogP contribution in [0.2, 0.25) is 0 Å². The van der Waals surface area contributed by atoms with E-state index >= 15 is 0 Å². The summed E-state index contributed by atoms with van der Waals surface area (Å²) < 4.78 is 46.1. The smallest absolute Gasteiger partial charge is 0.416 e. The van der Waals surface area contributed by atoms with Gasteiger partial charge in [-0.05, 0) is 95.3 Å². The Morgan fingerprint density at radius 3 is 2.57 bits per heavy atom. The predicted octanol–water partition coefficient (Wildman–Crippen LogP) is 8.10. The standard InChI is InChI=1S/C33H46F3N3O2S/c1-24-31(25(2)42-32(24)40)41-22-9-12-26(11-7-5-3-4-6-8-19-39-20-10-16-37-18-21-39)28-15-17-38-30-23-27(33(34,35)36)13-14-29(28)30/h13-15,17,23,25-26,37H,3-12,16,18-22H2,1-2H3. The van der Waals surface area contributed by atoms with Crippen LogP contribution in [0.3, 0.4) is 0 Å². The van der Waals surface area contributed by atoms with E-state index in [1.54, 1.807) is 12.3 Å². The molecule has 0 spiro atoms. The van der Waals surface area contributed by atoms with E-state index in [4.69, 9.17) is 4.74 Å². The number of unbranched alkanes of at least 4 members (excludes halogenated alkanes) is 5. The molecular formula is C33H46F3N3O2S. The van der Waals surface area contributed by atoms with Gasteiger partial charge in [0.2, 0.25) is 5.12 Å². The van der Waals surface area contributed by atoms with Gasteiger partial charge in [-0.3, -0.25) is 9.78 Å². The lowest BCUT2D eigenvalue weighted by Crippen LogP contribution is -2.29. The number of thioether (sulfide) groups is 1. The molecule has 4 rings (SSSR count). The van der Waals surface area contributed by atoms with Gasteiger partial charge in [-0.2, -0.15) is 13.2 Å². The Labute approximate surface area is 253 Å². The van der Waals surface area contributed by atoms with E-state index < -0.39 is 11.7 Å². The first-order chi connectivity index (χ1) is 20.2. The van der Waals surface area contributed by atoms with Gasteiger partial charge in [-0.1, -0.05) is 49.9 Å². The Morgan fingerprint density at radius 1 is 1.05 bits per heavy atom. The minimum atomic E-state index is -4.39. The molecular weight excluding hydrogens is 559 g/mol. The minimum absolute atomic E-state index is 0.0432. The highest BCUT2D eigenvalue weighted by Crippen LogP contribution is 2.37. The molecule has 2 unspecified atom stereocenters. The molecule has 0 aliphatic carbocycles. The number of ether oxygens (including phenoxy) is 1. The van der Waals surface area contributed by atoms with Gasteiger partial charge in [-0.15, -0.1) is 0 Å². The number of rotatable bonds is 15. The number of carbonyl (C=O) groups excluding carboxylic acids is 1. The summed E-state index contributed by atoms with van der Waals surface area (Å²) in [5.74, 6) is 0.989. The normalized spacial score (nSPS) is 19.5. The first-order valence-electron chi connectivity index (χ1n) is 15.7. The number of carbonyl (C=O) groups is 1. The first kappa shape index (κ1) is 32.8. The number of halogens is 3. The number of benzene rings is 1. The maximum absolute atomic E-state index is 13.3. The van der Waals surface area contributed by atoms with Crippen molar-refractivity contribution in [3.05, 3.63) is 52.9 Å².